The number of hydrogen-bond donors (Lipinski definition) is 1. The van der Waals surface area contributed by atoms with Crippen LogP contribution in [0.15, 0.2) is 30.5 Å². The van der Waals surface area contributed by atoms with Gasteiger partial charge in [0.2, 0.25) is 0 Å². The second-order valence-electron chi connectivity index (χ2n) is 5.62. The average molecular weight is 351 g/mol. The van der Waals surface area contributed by atoms with Crippen molar-refractivity contribution in [3.05, 3.63) is 56.5 Å². The number of aromatic nitrogens is 1. The number of hydrogen-bond acceptors (Lipinski definition) is 2. The van der Waals surface area contributed by atoms with Crippen molar-refractivity contribution in [1.29, 1.82) is 0 Å². The molecular weight excluding hydrogens is 335 g/mol. The fraction of sp³-hybridized carbons (Fsp3) is 0.294. The molecule has 0 saturated carbocycles. The summed E-state index contributed by atoms with van der Waals surface area (Å²) in [7, 11) is 0. The third-order valence-electron chi connectivity index (χ3n) is 4.23. The predicted molar refractivity (Wildman–Crippen MR) is 95.7 cm³/mol. The maximum atomic E-state index is 6.35. The summed E-state index contributed by atoms with van der Waals surface area (Å²) in [5, 5.41) is 4.76. The van der Waals surface area contributed by atoms with Crippen LogP contribution in [0.1, 0.15) is 16.0 Å². The Labute approximate surface area is 143 Å². The fourth-order valence-corrected chi connectivity index (χ4v) is 4.81. The monoisotopic (exact) mass is 350 g/mol. The molecule has 0 unspecified atom stereocenters. The van der Waals surface area contributed by atoms with Crippen LogP contribution in [0, 0.1) is 0 Å². The molecule has 1 aromatic carbocycles. The molecule has 3 aromatic rings. The molecule has 2 aromatic heterocycles. The molecule has 1 aliphatic rings. The fourth-order valence-electron chi connectivity index (χ4n) is 3.17. The highest BCUT2D eigenvalue weighted by Crippen LogP contribution is 2.35. The van der Waals surface area contributed by atoms with E-state index in [1.54, 1.807) is 0 Å². The van der Waals surface area contributed by atoms with E-state index in [2.05, 4.69) is 22.1 Å². The normalized spacial score (nSPS) is 15.0. The van der Waals surface area contributed by atoms with E-state index in [0.29, 0.717) is 10.0 Å². The molecule has 0 spiro atoms. The molecule has 2 nitrogen and oxygen atoms in total. The largest absolute Gasteiger partial charge is 0.342 e. The summed E-state index contributed by atoms with van der Waals surface area (Å²) in [6.45, 7) is 2.90. The third-order valence-corrected chi connectivity index (χ3v) is 6.34. The minimum Gasteiger partial charge on any atom is -0.342 e. The van der Waals surface area contributed by atoms with Crippen molar-refractivity contribution in [3.8, 4) is 0 Å². The summed E-state index contributed by atoms with van der Waals surface area (Å²) < 4.78 is 3.69. The molecule has 4 rings (SSSR count). The van der Waals surface area contributed by atoms with Crippen LogP contribution in [0.2, 0.25) is 10.0 Å². The lowest BCUT2D eigenvalue weighted by atomic mass is 10.1. The molecule has 3 heterocycles. The third kappa shape index (κ3) is 2.46. The van der Waals surface area contributed by atoms with Gasteiger partial charge in [-0.3, -0.25) is 0 Å². The molecule has 0 radical (unpaired) electrons. The van der Waals surface area contributed by atoms with Crippen molar-refractivity contribution in [2.45, 2.75) is 19.4 Å². The lowest BCUT2D eigenvalue weighted by Crippen LogP contribution is -2.16. The zero-order chi connectivity index (χ0) is 15.1. The van der Waals surface area contributed by atoms with Crippen molar-refractivity contribution < 1.29 is 0 Å². The van der Waals surface area contributed by atoms with Crippen LogP contribution < -0.4 is 5.32 Å². The Hall–Kier alpha value is -1.00. The summed E-state index contributed by atoms with van der Waals surface area (Å²) in [6, 6.07) is 8.07. The second kappa shape index (κ2) is 5.89. The summed E-state index contributed by atoms with van der Waals surface area (Å²) in [4.78, 5) is 1.53. The van der Waals surface area contributed by atoms with E-state index in [1.807, 2.05) is 29.5 Å². The molecule has 0 bridgehead atoms. The zero-order valence-electron chi connectivity index (χ0n) is 12.0. The Bertz CT molecular complexity index is 835. The van der Waals surface area contributed by atoms with Gasteiger partial charge in [0, 0.05) is 17.6 Å². The quantitative estimate of drug-likeness (QED) is 0.705. The standard InChI is InChI=1S/C17H16Cl2N2S/c18-13-3-1-2-11(16(13)19)10-21-9-6-15-17(21)12-4-7-20-8-5-14(12)22-15/h1-3,6,9,20H,4-5,7-8,10H2. The van der Waals surface area contributed by atoms with E-state index in [4.69, 9.17) is 23.2 Å². The highest BCUT2D eigenvalue weighted by molar-refractivity contribution is 7.19. The molecule has 0 atom stereocenters. The van der Waals surface area contributed by atoms with Crippen molar-refractivity contribution in [2.24, 2.45) is 0 Å². The number of fused-ring (bicyclic) bond motifs is 3. The van der Waals surface area contributed by atoms with Crippen LogP contribution in [-0.2, 0) is 19.4 Å². The van der Waals surface area contributed by atoms with Crippen LogP contribution in [0.4, 0.5) is 0 Å². The highest BCUT2D eigenvalue weighted by atomic mass is 35.5. The van der Waals surface area contributed by atoms with Crippen LogP contribution in [-0.4, -0.2) is 17.7 Å². The van der Waals surface area contributed by atoms with Crippen molar-refractivity contribution in [3.63, 3.8) is 0 Å². The zero-order valence-corrected chi connectivity index (χ0v) is 14.4. The van der Waals surface area contributed by atoms with Crippen LogP contribution in [0.25, 0.3) is 10.2 Å². The Morgan fingerprint density at radius 2 is 2.00 bits per heavy atom. The SMILES string of the molecule is Clc1cccc(Cn2ccc3sc4c(c32)CCNCC4)c1Cl. The van der Waals surface area contributed by atoms with Gasteiger partial charge in [-0.2, -0.15) is 0 Å². The molecule has 5 heteroatoms. The topological polar surface area (TPSA) is 17.0 Å². The Morgan fingerprint density at radius 3 is 2.91 bits per heavy atom. The van der Waals surface area contributed by atoms with E-state index in [-0.39, 0.29) is 0 Å². The van der Waals surface area contributed by atoms with E-state index in [0.717, 1.165) is 38.0 Å². The smallest absolute Gasteiger partial charge is 0.0642 e. The number of benzene rings is 1. The van der Waals surface area contributed by atoms with Crippen molar-refractivity contribution in [1.82, 2.24) is 9.88 Å². The lowest BCUT2D eigenvalue weighted by molar-refractivity contribution is 0.711. The number of nitrogens with one attached hydrogen (secondary N) is 1. The summed E-state index contributed by atoms with van der Waals surface area (Å²) in [6.07, 6.45) is 4.40. The molecule has 1 aliphatic heterocycles. The molecule has 0 saturated heterocycles. The molecule has 0 amide bonds. The number of halogens is 2. The maximum Gasteiger partial charge on any atom is 0.0642 e. The Balaban J connectivity index is 1.79. The van der Waals surface area contributed by atoms with Gasteiger partial charge in [0.05, 0.1) is 20.3 Å². The van der Waals surface area contributed by atoms with Gasteiger partial charge in [-0.15, -0.1) is 11.3 Å². The molecular formula is C17H16Cl2N2S. The van der Waals surface area contributed by atoms with Crippen LogP contribution in [0.3, 0.4) is 0 Å². The number of thiophene rings is 1. The summed E-state index contributed by atoms with van der Waals surface area (Å²) in [5.74, 6) is 0. The highest BCUT2D eigenvalue weighted by Gasteiger charge is 2.18. The molecule has 0 aliphatic carbocycles. The lowest BCUT2D eigenvalue weighted by Gasteiger charge is -2.10. The Morgan fingerprint density at radius 1 is 1.14 bits per heavy atom. The van der Waals surface area contributed by atoms with Gasteiger partial charge in [-0.1, -0.05) is 35.3 Å². The number of nitrogens with zero attached hydrogens (tertiary/aromatic N) is 1. The van der Waals surface area contributed by atoms with Gasteiger partial charge >= 0.3 is 0 Å². The molecule has 114 valence electrons. The van der Waals surface area contributed by atoms with Crippen molar-refractivity contribution in [2.75, 3.05) is 13.1 Å². The maximum absolute atomic E-state index is 6.35. The van der Waals surface area contributed by atoms with E-state index in [1.165, 1.54) is 20.7 Å². The van der Waals surface area contributed by atoms with E-state index >= 15 is 0 Å². The first-order valence-electron chi connectivity index (χ1n) is 7.47. The molecule has 0 fully saturated rings. The van der Waals surface area contributed by atoms with Crippen LogP contribution in [0.5, 0.6) is 0 Å². The summed E-state index contributed by atoms with van der Waals surface area (Å²) in [5.41, 5.74) is 3.95. The van der Waals surface area contributed by atoms with E-state index in [9.17, 15) is 0 Å². The van der Waals surface area contributed by atoms with Gasteiger partial charge in [0.25, 0.3) is 0 Å². The molecule has 22 heavy (non-hydrogen) atoms. The van der Waals surface area contributed by atoms with Gasteiger partial charge in [-0.05, 0) is 49.2 Å². The number of rotatable bonds is 2. The van der Waals surface area contributed by atoms with Gasteiger partial charge in [0.15, 0.2) is 0 Å². The first kappa shape index (κ1) is 14.6. The van der Waals surface area contributed by atoms with Crippen molar-refractivity contribution >= 4 is 44.8 Å². The Kier molecular flexibility index (Phi) is 3.91. The van der Waals surface area contributed by atoms with Gasteiger partial charge in [-0.25, -0.2) is 0 Å². The second-order valence-corrected chi connectivity index (χ2v) is 7.55. The minimum atomic E-state index is 0.621. The first-order chi connectivity index (χ1) is 10.7. The first-order valence-corrected chi connectivity index (χ1v) is 9.04. The van der Waals surface area contributed by atoms with Gasteiger partial charge in [0.1, 0.15) is 0 Å². The average Bonchev–Trinajstić information content (AvgIpc) is 2.96. The van der Waals surface area contributed by atoms with Crippen LogP contribution >= 0.6 is 34.5 Å². The minimum absolute atomic E-state index is 0.621. The van der Waals surface area contributed by atoms with Gasteiger partial charge < -0.3 is 9.88 Å². The van der Waals surface area contributed by atoms with E-state index < -0.39 is 0 Å². The summed E-state index contributed by atoms with van der Waals surface area (Å²) >= 11 is 14.4. The predicted octanol–water partition coefficient (Wildman–Crippen LogP) is 4.75. The molecule has 1 N–H and O–H groups in total.